The number of carbonyl (C=O) groups is 1. The summed E-state index contributed by atoms with van der Waals surface area (Å²) in [5.41, 5.74) is 0.340. The maximum Gasteiger partial charge on any atom is 0.273 e. The molecule has 1 aromatic rings. The Morgan fingerprint density at radius 1 is 1.35 bits per heavy atom. The number of ether oxygens (including phenoxy) is 3. The summed E-state index contributed by atoms with van der Waals surface area (Å²) in [7, 11) is 1.41. The van der Waals surface area contributed by atoms with Crippen LogP contribution >= 0.6 is 0 Å². The van der Waals surface area contributed by atoms with Crippen LogP contribution in [0, 0.1) is 10.1 Å². The van der Waals surface area contributed by atoms with E-state index in [9.17, 15) is 14.9 Å². The first-order valence-corrected chi connectivity index (χ1v) is 8.64. The first kappa shape index (κ1) is 18.6. The molecule has 2 saturated heterocycles. The van der Waals surface area contributed by atoms with Crippen LogP contribution in [0.15, 0.2) is 18.2 Å². The van der Waals surface area contributed by atoms with Crippen molar-refractivity contribution in [1.29, 1.82) is 0 Å². The van der Waals surface area contributed by atoms with Gasteiger partial charge in [0, 0.05) is 45.0 Å². The summed E-state index contributed by atoms with van der Waals surface area (Å²) in [6.45, 7) is 3.60. The molecular formula is C17H23N3O6. The van der Waals surface area contributed by atoms with Crippen LogP contribution in [0.4, 0.5) is 11.4 Å². The number of methoxy groups -OCH3 is 1. The zero-order valence-electron chi connectivity index (χ0n) is 14.7. The number of rotatable bonds is 6. The monoisotopic (exact) mass is 365 g/mol. The minimum Gasteiger partial charge on any atom is -0.494 e. The molecule has 0 unspecified atom stereocenters. The van der Waals surface area contributed by atoms with Crippen LogP contribution in [0.2, 0.25) is 0 Å². The number of carbonyl (C=O) groups excluding carboxylic acids is 1. The van der Waals surface area contributed by atoms with Crippen molar-refractivity contribution in [1.82, 2.24) is 4.90 Å². The van der Waals surface area contributed by atoms with Crippen molar-refractivity contribution in [2.24, 2.45) is 0 Å². The summed E-state index contributed by atoms with van der Waals surface area (Å²) in [4.78, 5) is 24.7. The fourth-order valence-electron chi connectivity index (χ4n) is 3.27. The average molecular weight is 365 g/mol. The van der Waals surface area contributed by atoms with Gasteiger partial charge in [-0.25, -0.2) is 0 Å². The molecule has 0 bridgehead atoms. The molecule has 9 nitrogen and oxygen atoms in total. The molecule has 0 atom stereocenters. The van der Waals surface area contributed by atoms with Crippen LogP contribution in [-0.4, -0.2) is 61.5 Å². The van der Waals surface area contributed by atoms with Crippen molar-refractivity contribution >= 4 is 17.3 Å². The molecule has 1 aromatic carbocycles. The number of non-ortho nitro benzene ring substituents is 1. The van der Waals surface area contributed by atoms with Gasteiger partial charge >= 0.3 is 0 Å². The summed E-state index contributed by atoms with van der Waals surface area (Å²) in [5, 5.41) is 13.6. The van der Waals surface area contributed by atoms with E-state index in [1.165, 1.54) is 25.3 Å². The largest absolute Gasteiger partial charge is 0.494 e. The van der Waals surface area contributed by atoms with Gasteiger partial charge < -0.3 is 24.4 Å². The van der Waals surface area contributed by atoms with Crippen molar-refractivity contribution < 1.29 is 23.9 Å². The number of piperidine rings is 1. The Morgan fingerprint density at radius 2 is 2.04 bits per heavy atom. The van der Waals surface area contributed by atoms with E-state index >= 15 is 0 Å². The molecule has 142 valence electrons. The summed E-state index contributed by atoms with van der Waals surface area (Å²) >= 11 is 0. The Bertz CT molecular complexity index is 664. The molecular weight excluding hydrogens is 342 g/mol. The summed E-state index contributed by atoms with van der Waals surface area (Å²) in [5.74, 6) is -0.306. The molecule has 2 heterocycles. The third-order valence-electron chi connectivity index (χ3n) is 4.76. The van der Waals surface area contributed by atoms with E-state index in [1.54, 1.807) is 0 Å². The Hall–Kier alpha value is -2.23. The normalized spacial score (nSPS) is 19.4. The highest BCUT2D eigenvalue weighted by Gasteiger charge is 2.39. The molecule has 2 aliphatic rings. The van der Waals surface area contributed by atoms with Gasteiger partial charge in [-0.2, -0.15) is 0 Å². The van der Waals surface area contributed by atoms with Gasteiger partial charge in [0.1, 0.15) is 5.75 Å². The minimum absolute atomic E-state index is 0.0848. The lowest BCUT2D eigenvalue weighted by atomic mass is 10.0. The predicted molar refractivity (Wildman–Crippen MR) is 93.2 cm³/mol. The fraction of sp³-hybridized carbons (Fsp3) is 0.588. The lowest BCUT2D eigenvalue weighted by Crippen LogP contribution is -2.45. The van der Waals surface area contributed by atoms with Crippen molar-refractivity contribution in [2.45, 2.75) is 25.0 Å². The highest BCUT2D eigenvalue weighted by molar-refractivity contribution is 5.92. The highest BCUT2D eigenvalue weighted by atomic mass is 16.7. The second-order valence-electron chi connectivity index (χ2n) is 6.39. The number of amides is 1. The third-order valence-corrected chi connectivity index (χ3v) is 4.76. The van der Waals surface area contributed by atoms with Crippen molar-refractivity contribution in [2.75, 3.05) is 45.3 Å². The molecule has 2 fully saturated rings. The second-order valence-corrected chi connectivity index (χ2v) is 6.39. The van der Waals surface area contributed by atoms with E-state index in [-0.39, 0.29) is 17.3 Å². The number of nitrogens with one attached hydrogen (secondary N) is 1. The Kier molecular flexibility index (Phi) is 5.70. The minimum atomic E-state index is -0.505. The summed E-state index contributed by atoms with van der Waals surface area (Å²) in [6.07, 6.45) is 1.95. The van der Waals surface area contributed by atoms with Gasteiger partial charge in [-0.1, -0.05) is 0 Å². The van der Waals surface area contributed by atoms with Crippen molar-refractivity contribution in [3.8, 4) is 5.75 Å². The molecule has 1 amide bonds. The van der Waals surface area contributed by atoms with Crippen molar-refractivity contribution in [3.05, 3.63) is 28.3 Å². The van der Waals surface area contributed by atoms with E-state index < -0.39 is 10.7 Å². The fourth-order valence-corrected chi connectivity index (χ4v) is 3.27. The van der Waals surface area contributed by atoms with Gasteiger partial charge in [-0.05, 0) is 6.07 Å². The lowest BCUT2D eigenvalue weighted by molar-refractivity contribution is -0.384. The highest BCUT2D eigenvalue weighted by Crippen LogP contribution is 2.31. The van der Waals surface area contributed by atoms with Gasteiger partial charge in [-0.15, -0.1) is 0 Å². The number of hydrogen-bond donors (Lipinski definition) is 1. The number of nitrogens with zero attached hydrogens (tertiary/aromatic N) is 2. The van der Waals surface area contributed by atoms with Gasteiger partial charge in [0.25, 0.3) is 5.69 Å². The van der Waals surface area contributed by atoms with Gasteiger partial charge in [-0.3, -0.25) is 14.9 Å². The Morgan fingerprint density at radius 3 is 2.65 bits per heavy atom. The van der Waals surface area contributed by atoms with Crippen LogP contribution in [-0.2, 0) is 14.3 Å². The lowest BCUT2D eigenvalue weighted by Gasteiger charge is -2.37. The second kappa shape index (κ2) is 7.98. The van der Waals surface area contributed by atoms with Crippen LogP contribution in [0.5, 0.6) is 5.75 Å². The Labute approximate surface area is 151 Å². The van der Waals surface area contributed by atoms with E-state index in [0.717, 1.165) is 25.9 Å². The first-order valence-electron chi connectivity index (χ1n) is 8.64. The first-order chi connectivity index (χ1) is 12.5. The molecule has 26 heavy (non-hydrogen) atoms. The molecule has 0 aliphatic carbocycles. The average Bonchev–Trinajstić information content (AvgIpc) is 3.09. The molecule has 0 radical (unpaired) electrons. The zero-order chi connectivity index (χ0) is 18.6. The SMILES string of the molecule is COc1cc([N+](=O)[O-])ccc1NC(=O)CCN1CCC2(CC1)OCCO2. The number of likely N-dealkylation sites (tertiary alicyclic amines) is 1. The maximum atomic E-state index is 12.2. The van der Waals surface area contributed by atoms with Gasteiger partial charge in [0.05, 0.1) is 37.0 Å². The van der Waals surface area contributed by atoms with Crippen LogP contribution < -0.4 is 10.1 Å². The van der Waals surface area contributed by atoms with Crippen LogP contribution in [0.3, 0.4) is 0 Å². The van der Waals surface area contributed by atoms with Gasteiger partial charge in [0.15, 0.2) is 5.79 Å². The molecule has 1 spiro atoms. The van der Waals surface area contributed by atoms with Crippen LogP contribution in [0.25, 0.3) is 0 Å². The van der Waals surface area contributed by atoms with Crippen LogP contribution in [0.1, 0.15) is 19.3 Å². The number of anilines is 1. The van der Waals surface area contributed by atoms with Gasteiger partial charge in [0.2, 0.25) is 5.91 Å². The Balaban J connectivity index is 1.48. The number of hydrogen-bond acceptors (Lipinski definition) is 7. The van der Waals surface area contributed by atoms with Crippen molar-refractivity contribution in [3.63, 3.8) is 0 Å². The predicted octanol–water partition coefficient (Wildman–Crippen LogP) is 1.77. The number of benzene rings is 1. The third kappa shape index (κ3) is 4.29. The van der Waals surface area contributed by atoms with E-state index in [1.807, 2.05) is 0 Å². The molecule has 3 rings (SSSR count). The molecule has 1 N–H and O–H groups in total. The van der Waals surface area contributed by atoms with E-state index in [2.05, 4.69) is 10.2 Å². The topological polar surface area (TPSA) is 103 Å². The number of nitro groups is 1. The smallest absolute Gasteiger partial charge is 0.273 e. The maximum absolute atomic E-state index is 12.2. The van der Waals surface area contributed by atoms with E-state index in [0.29, 0.717) is 31.9 Å². The number of nitro benzene ring substituents is 1. The zero-order valence-corrected chi connectivity index (χ0v) is 14.7. The molecule has 9 heteroatoms. The molecule has 2 aliphatic heterocycles. The summed E-state index contributed by atoms with van der Waals surface area (Å²) < 4.78 is 16.5. The molecule has 0 saturated carbocycles. The van der Waals surface area contributed by atoms with E-state index in [4.69, 9.17) is 14.2 Å². The molecule has 0 aromatic heterocycles. The standard InChI is InChI=1S/C17H23N3O6/c1-24-15-12-13(20(22)23)2-3-14(15)18-16(21)4-7-19-8-5-17(6-9-19)25-10-11-26-17/h2-3,12H,4-11H2,1H3,(H,18,21). The quantitative estimate of drug-likeness (QED) is 0.605. The summed E-state index contributed by atoms with van der Waals surface area (Å²) in [6, 6.07) is 4.11.